The van der Waals surface area contributed by atoms with E-state index >= 15 is 0 Å². The third kappa shape index (κ3) is 3.62. The summed E-state index contributed by atoms with van der Waals surface area (Å²) in [6.45, 7) is 1.46. The van der Waals surface area contributed by atoms with Crippen LogP contribution in [0, 0.1) is 0 Å². The number of rotatable bonds is 4. The Labute approximate surface area is 136 Å². The van der Waals surface area contributed by atoms with Crippen LogP contribution in [0.4, 0.5) is 0 Å². The molecule has 2 aromatic rings. The quantitative estimate of drug-likeness (QED) is 0.872. The largest absolute Gasteiger partial charge is 0.376 e. The number of ether oxygens (including phenoxy) is 1. The Hall–Kier alpha value is -2.14. The van der Waals surface area contributed by atoms with E-state index in [1.807, 2.05) is 49.1 Å². The van der Waals surface area contributed by atoms with Crippen LogP contribution in [0.3, 0.4) is 0 Å². The van der Waals surface area contributed by atoms with Crippen molar-refractivity contribution in [3.05, 3.63) is 42.2 Å². The Kier molecular flexibility index (Phi) is 4.76. The van der Waals surface area contributed by atoms with E-state index in [4.69, 9.17) is 4.74 Å². The fraction of sp³-hybridized carbons (Fsp3) is 0.444. The predicted molar refractivity (Wildman–Crippen MR) is 89.2 cm³/mol. The molecule has 5 nitrogen and oxygen atoms in total. The highest BCUT2D eigenvalue weighted by atomic mass is 16.5. The molecule has 1 aromatic heterocycles. The number of likely N-dealkylation sites (N-methyl/N-ethyl adjacent to an activating group) is 1. The average molecular weight is 313 g/mol. The number of imidazole rings is 1. The van der Waals surface area contributed by atoms with Gasteiger partial charge in [0.15, 0.2) is 0 Å². The summed E-state index contributed by atoms with van der Waals surface area (Å²) in [4.78, 5) is 18.6. The molecule has 0 spiro atoms. The summed E-state index contributed by atoms with van der Waals surface area (Å²) < 4.78 is 7.67. The molecule has 5 heteroatoms. The molecule has 1 amide bonds. The standard InChI is InChI=1S/C18H23N3O2/c1-20-11-10-19-17(20)14-6-8-15(9-7-14)18(22)21(2)13-16-5-3-4-12-23-16/h6-11,16H,3-5,12-13H2,1-2H3. The van der Waals surface area contributed by atoms with E-state index in [9.17, 15) is 4.79 Å². The van der Waals surface area contributed by atoms with Crippen molar-refractivity contribution >= 4 is 5.91 Å². The van der Waals surface area contributed by atoms with E-state index in [-0.39, 0.29) is 12.0 Å². The van der Waals surface area contributed by atoms with Crippen molar-refractivity contribution in [3.8, 4) is 11.4 Å². The summed E-state index contributed by atoms with van der Waals surface area (Å²) >= 11 is 0. The fourth-order valence-corrected chi connectivity index (χ4v) is 2.97. The first kappa shape index (κ1) is 15.7. The first-order chi connectivity index (χ1) is 11.1. The zero-order valence-electron chi connectivity index (χ0n) is 13.7. The molecule has 0 saturated carbocycles. The molecule has 0 aliphatic carbocycles. The molecular weight excluding hydrogens is 290 g/mol. The number of nitrogens with zero attached hydrogens (tertiary/aromatic N) is 3. The smallest absolute Gasteiger partial charge is 0.253 e. The molecule has 0 radical (unpaired) electrons. The Morgan fingerprint density at radius 2 is 2.13 bits per heavy atom. The second-order valence-corrected chi connectivity index (χ2v) is 6.11. The third-order valence-electron chi connectivity index (χ3n) is 4.31. The molecule has 2 heterocycles. The summed E-state index contributed by atoms with van der Waals surface area (Å²) in [6, 6.07) is 7.62. The van der Waals surface area contributed by atoms with Gasteiger partial charge in [-0.25, -0.2) is 4.98 Å². The van der Waals surface area contributed by atoms with Crippen LogP contribution in [-0.4, -0.2) is 46.7 Å². The average Bonchev–Trinajstić information content (AvgIpc) is 3.01. The molecule has 1 fully saturated rings. The number of carbonyl (C=O) groups is 1. The monoisotopic (exact) mass is 313 g/mol. The molecule has 0 bridgehead atoms. The number of amides is 1. The normalized spacial score (nSPS) is 17.9. The van der Waals surface area contributed by atoms with Crippen molar-refractivity contribution in [2.75, 3.05) is 20.2 Å². The van der Waals surface area contributed by atoms with Gasteiger partial charge in [-0.15, -0.1) is 0 Å². The van der Waals surface area contributed by atoms with Crippen molar-refractivity contribution in [1.29, 1.82) is 0 Å². The van der Waals surface area contributed by atoms with Gasteiger partial charge in [-0.05, 0) is 31.4 Å². The van der Waals surface area contributed by atoms with Crippen LogP contribution >= 0.6 is 0 Å². The van der Waals surface area contributed by atoms with Gasteiger partial charge in [0.1, 0.15) is 5.82 Å². The molecular formula is C18H23N3O2. The van der Waals surface area contributed by atoms with Crippen LogP contribution in [0.25, 0.3) is 11.4 Å². The van der Waals surface area contributed by atoms with Gasteiger partial charge >= 0.3 is 0 Å². The minimum atomic E-state index is 0.0329. The second kappa shape index (κ2) is 6.96. The molecule has 1 atom stereocenters. The van der Waals surface area contributed by atoms with Gasteiger partial charge in [0.05, 0.1) is 6.10 Å². The van der Waals surface area contributed by atoms with E-state index in [2.05, 4.69) is 4.98 Å². The fourth-order valence-electron chi connectivity index (χ4n) is 2.97. The van der Waals surface area contributed by atoms with E-state index < -0.39 is 0 Å². The van der Waals surface area contributed by atoms with E-state index in [0.29, 0.717) is 12.1 Å². The first-order valence-electron chi connectivity index (χ1n) is 8.10. The maximum Gasteiger partial charge on any atom is 0.253 e. The number of carbonyl (C=O) groups excluding carboxylic acids is 1. The van der Waals surface area contributed by atoms with Crippen molar-refractivity contribution in [2.45, 2.75) is 25.4 Å². The Bertz CT molecular complexity index is 657. The molecule has 1 aliphatic rings. The summed E-state index contributed by atoms with van der Waals surface area (Å²) in [5, 5.41) is 0. The van der Waals surface area contributed by atoms with Gasteiger partial charge in [-0.3, -0.25) is 4.79 Å². The van der Waals surface area contributed by atoms with Gasteiger partial charge in [0, 0.05) is 50.8 Å². The summed E-state index contributed by atoms with van der Waals surface area (Å²) in [7, 11) is 3.80. The summed E-state index contributed by atoms with van der Waals surface area (Å²) in [5.41, 5.74) is 1.70. The van der Waals surface area contributed by atoms with Crippen LogP contribution in [0.5, 0.6) is 0 Å². The molecule has 1 aromatic carbocycles. The van der Waals surface area contributed by atoms with Gasteiger partial charge in [-0.2, -0.15) is 0 Å². The van der Waals surface area contributed by atoms with Crippen LogP contribution < -0.4 is 0 Å². The van der Waals surface area contributed by atoms with E-state index in [1.54, 1.807) is 11.1 Å². The van der Waals surface area contributed by atoms with Crippen LogP contribution in [0.1, 0.15) is 29.6 Å². The van der Waals surface area contributed by atoms with Gasteiger partial charge in [0.2, 0.25) is 0 Å². The van der Waals surface area contributed by atoms with Crippen LogP contribution in [0.15, 0.2) is 36.7 Å². The molecule has 1 saturated heterocycles. The first-order valence-corrected chi connectivity index (χ1v) is 8.10. The second-order valence-electron chi connectivity index (χ2n) is 6.11. The zero-order valence-corrected chi connectivity index (χ0v) is 13.7. The highest BCUT2D eigenvalue weighted by Gasteiger charge is 2.19. The van der Waals surface area contributed by atoms with Crippen molar-refractivity contribution in [3.63, 3.8) is 0 Å². The van der Waals surface area contributed by atoms with Gasteiger partial charge in [-0.1, -0.05) is 12.1 Å². The Balaban J connectivity index is 1.66. The van der Waals surface area contributed by atoms with E-state index in [1.165, 1.54) is 6.42 Å². The van der Waals surface area contributed by atoms with Crippen molar-refractivity contribution in [2.24, 2.45) is 7.05 Å². The predicted octanol–water partition coefficient (Wildman–Crippen LogP) is 2.73. The van der Waals surface area contributed by atoms with Crippen molar-refractivity contribution < 1.29 is 9.53 Å². The minimum absolute atomic E-state index is 0.0329. The minimum Gasteiger partial charge on any atom is -0.376 e. The van der Waals surface area contributed by atoms with Crippen molar-refractivity contribution in [1.82, 2.24) is 14.5 Å². The summed E-state index contributed by atoms with van der Waals surface area (Å²) in [6.07, 6.45) is 7.20. The molecule has 122 valence electrons. The SMILES string of the molecule is CN(CC1CCCCO1)C(=O)c1ccc(-c2nccn2C)cc1. The highest BCUT2D eigenvalue weighted by Crippen LogP contribution is 2.19. The van der Waals surface area contributed by atoms with Crippen LogP contribution in [-0.2, 0) is 11.8 Å². The molecule has 3 rings (SSSR count). The number of hydrogen-bond donors (Lipinski definition) is 0. The molecule has 0 N–H and O–H groups in total. The lowest BCUT2D eigenvalue weighted by Crippen LogP contribution is -2.37. The number of benzene rings is 1. The number of hydrogen-bond acceptors (Lipinski definition) is 3. The summed E-state index contributed by atoms with van der Waals surface area (Å²) in [5.74, 6) is 0.929. The maximum absolute atomic E-state index is 12.5. The maximum atomic E-state index is 12.5. The Morgan fingerprint density at radius 3 is 2.74 bits per heavy atom. The zero-order chi connectivity index (χ0) is 16.2. The number of aryl methyl sites for hydroxylation is 1. The van der Waals surface area contributed by atoms with Gasteiger partial charge < -0.3 is 14.2 Å². The highest BCUT2D eigenvalue weighted by molar-refractivity contribution is 5.94. The van der Waals surface area contributed by atoms with E-state index in [0.717, 1.165) is 30.8 Å². The molecule has 23 heavy (non-hydrogen) atoms. The lowest BCUT2D eigenvalue weighted by molar-refractivity contribution is -0.000186. The topological polar surface area (TPSA) is 47.4 Å². The third-order valence-corrected chi connectivity index (χ3v) is 4.31. The Morgan fingerprint density at radius 1 is 1.35 bits per heavy atom. The molecule has 1 unspecified atom stereocenters. The lowest BCUT2D eigenvalue weighted by Gasteiger charge is -2.27. The lowest BCUT2D eigenvalue weighted by atomic mass is 10.1. The van der Waals surface area contributed by atoms with Crippen LogP contribution in [0.2, 0.25) is 0 Å². The molecule has 1 aliphatic heterocycles. The van der Waals surface area contributed by atoms with Gasteiger partial charge in [0.25, 0.3) is 5.91 Å². The number of aromatic nitrogens is 2.